The van der Waals surface area contributed by atoms with Gasteiger partial charge in [0.1, 0.15) is 15.9 Å². The van der Waals surface area contributed by atoms with Crippen LogP contribution in [0.15, 0.2) is 89.9 Å². The van der Waals surface area contributed by atoms with Crippen molar-refractivity contribution < 1.29 is 9.53 Å². The molecule has 8 heteroatoms. The van der Waals surface area contributed by atoms with E-state index in [9.17, 15) is 9.59 Å². The number of aromatic nitrogens is 2. The van der Waals surface area contributed by atoms with Crippen molar-refractivity contribution in [2.45, 2.75) is 20.0 Å². The van der Waals surface area contributed by atoms with Gasteiger partial charge in [-0.25, -0.2) is 9.78 Å². The van der Waals surface area contributed by atoms with Gasteiger partial charge in [0.05, 0.1) is 6.61 Å². The number of hydrogen-bond acceptors (Lipinski definition) is 6. The predicted octanol–water partition coefficient (Wildman–Crippen LogP) is 6.62. The molecule has 0 saturated heterocycles. The fraction of sp³-hybridized carbons (Fsp3) is 0.138. The van der Waals surface area contributed by atoms with E-state index in [4.69, 9.17) is 16.3 Å². The minimum absolute atomic E-state index is 0.0268. The van der Waals surface area contributed by atoms with Gasteiger partial charge in [0.25, 0.3) is 0 Å². The Balaban J connectivity index is 1.56. The number of ether oxygens (including phenoxy) is 1. The number of fused-ring (bicyclic) bond motifs is 1. The number of rotatable bonds is 8. The topological polar surface area (TPSA) is 73.2 Å². The Bertz CT molecular complexity index is 1610. The summed E-state index contributed by atoms with van der Waals surface area (Å²) in [6.07, 6.45) is 1.59. The average molecular weight is 530 g/mol. The van der Waals surface area contributed by atoms with E-state index in [-0.39, 0.29) is 17.7 Å². The molecule has 0 spiro atoms. The lowest BCUT2D eigenvalue weighted by atomic mass is 9.99. The molecule has 0 aliphatic carbocycles. The molecule has 5 aromatic rings. The second-order valence-electron chi connectivity index (χ2n) is 8.40. The molecule has 2 aromatic heterocycles. The summed E-state index contributed by atoms with van der Waals surface area (Å²) in [6.45, 7) is 2.87. The van der Waals surface area contributed by atoms with Gasteiger partial charge in [0.15, 0.2) is 5.13 Å². The molecule has 0 amide bonds. The van der Waals surface area contributed by atoms with E-state index < -0.39 is 11.4 Å². The molecular weight excluding hydrogens is 506 g/mol. The van der Waals surface area contributed by atoms with Crippen LogP contribution in [0, 0.1) is 0 Å². The quantitative estimate of drug-likeness (QED) is 0.229. The second kappa shape index (κ2) is 11.0. The third-order valence-corrected chi connectivity index (χ3v) is 7.21. The SMILES string of the molecule is CCOC(=O)c1cn(Cc2ccccc2-c2ccccc2)c2sc(NCc3ccc(Cl)cc3)nc2c1=O. The van der Waals surface area contributed by atoms with E-state index in [0.717, 1.165) is 22.3 Å². The Morgan fingerprint density at radius 3 is 2.51 bits per heavy atom. The molecule has 3 aromatic carbocycles. The van der Waals surface area contributed by atoms with Gasteiger partial charge in [0.2, 0.25) is 5.43 Å². The lowest BCUT2D eigenvalue weighted by Gasteiger charge is -2.14. The minimum Gasteiger partial charge on any atom is -0.462 e. The van der Waals surface area contributed by atoms with Crippen molar-refractivity contribution in [3.8, 4) is 11.1 Å². The van der Waals surface area contributed by atoms with Crippen LogP contribution in [0.2, 0.25) is 5.02 Å². The first kappa shape index (κ1) is 24.7. The molecule has 0 bridgehead atoms. The van der Waals surface area contributed by atoms with E-state index in [2.05, 4.69) is 34.6 Å². The molecule has 0 aliphatic rings. The molecule has 186 valence electrons. The van der Waals surface area contributed by atoms with Crippen molar-refractivity contribution in [1.82, 2.24) is 9.55 Å². The fourth-order valence-electron chi connectivity index (χ4n) is 4.12. The lowest BCUT2D eigenvalue weighted by Crippen LogP contribution is -2.21. The first-order valence-electron chi connectivity index (χ1n) is 11.9. The van der Waals surface area contributed by atoms with E-state index in [1.807, 2.05) is 59.2 Å². The Kier molecular flexibility index (Phi) is 7.35. The molecule has 1 N–H and O–H groups in total. The van der Waals surface area contributed by atoms with Gasteiger partial charge in [-0.15, -0.1) is 0 Å². The number of nitrogens with one attached hydrogen (secondary N) is 1. The van der Waals surface area contributed by atoms with Gasteiger partial charge in [0, 0.05) is 24.3 Å². The van der Waals surface area contributed by atoms with Crippen LogP contribution in [-0.2, 0) is 17.8 Å². The largest absolute Gasteiger partial charge is 0.462 e. The number of anilines is 1. The van der Waals surface area contributed by atoms with Crippen molar-refractivity contribution in [2.24, 2.45) is 0 Å². The van der Waals surface area contributed by atoms with Crippen molar-refractivity contribution in [3.63, 3.8) is 0 Å². The summed E-state index contributed by atoms with van der Waals surface area (Å²) in [5.41, 5.74) is 4.04. The minimum atomic E-state index is -0.650. The van der Waals surface area contributed by atoms with Crippen LogP contribution in [0.1, 0.15) is 28.4 Å². The van der Waals surface area contributed by atoms with Crippen LogP contribution in [-0.4, -0.2) is 22.1 Å². The first-order chi connectivity index (χ1) is 18.0. The summed E-state index contributed by atoms with van der Waals surface area (Å²) in [4.78, 5) is 31.2. The molecule has 5 rings (SSSR count). The van der Waals surface area contributed by atoms with Gasteiger partial charge < -0.3 is 14.6 Å². The van der Waals surface area contributed by atoms with E-state index in [1.165, 1.54) is 11.3 Å². The summed E-state index contributed by atoms with van der Waals surface area (Å²) < 4.78 is 7.09. The number of carbonyl (C=O) groups excluding carboxylic acids is 1. The highest BCUT2D eigenvalue weighted by Gasteiger charge is 2.20. The van der Waals surface area contributed by atoms with Crippen LogP contribution in [0.3, 0.4) is 0 Å². The van der Waals surface area contributed by atoms with Gasteiger partial charge in [-0.05, 0) is 41.3 Å². The lowest BCUT2D eigenvalue weighted by molar-refractivity contribution is 0.0524. The molecule has 0 fully saturated rings. The van der Waals surface area contributed by atoms with Crippen LogP contribution >= 0.6 is 22.9 Å². The second-order valence-corrected chi connectivity index (χ2v) is 9.81. The van der Waals surface area contributed by atoms with Crippen LogP contribution in [0.4, 0.5) is 5.13 Å². The van der Waals surface area contributed by atoms with Gasteiger partial charge in [-0.1, -0.05) is 89.7 Å². The maximum Gasteiger partial charge on any atom is 0.343 e. The third-order valence-electron chi connectivity index (χ3n) is 5.91. The summed E-state index contributed by atoms with van der Waals surface area (Å²) >= 11 is 7.37. The molecule has 0 aliphatic heterocycles. The molecule has 0 radical (unpaired) electrons. The summed E-state index contributed by atoms with van der Waals surface area (Å²) in [5.74, 6) is -0.650. The molecule has 2 heterocycles. The number of pyridine rings is 1. The van der Waals surface area contributed by atoms with Crippen LogP contribution < -0.4 is 10.7 Å². The molecular formula is C29H24ClN3O3S. The third kappa shape index (κ3) is 5.43. The molecule has 6 nitrogen and oxygen atoms in total. The number of esters is 1. The molecule has 37 heavy (non-hydrogen) atoms. The highest BCUT2D eigenvalue weighted by Crippen LogP contribution is 2.29. The Hall–Kier alpha value is -3.94. The van der Waals surface area contributed by atoms with Crippen molar-refractivity contribution in [2.75, 3.05) is 11.9 Å². The Morgan fingerprint density at radius 2 is 1.76 bits per heavy atom. The van der Waals surface area contributed by atoms with Gasteiger partial charge in [-0.2, -0.15) is 0 Å². The number of benzene rings is 3. The number of hydrogen-bond donors (Lipinski definition) is 1. The Labute approximate surface area is 223 Å². The summed E-state index contributed by atoms with van der Waals surface area (Å²) in [6, 6.07) is 25.8. The number of nitrogens with zero attached hydrogens (tertiary/aromatic N) is 2. The molecule has 0 atom stereocenters. The molecule has 0 unspecified atom stereocenters. The summed E-state index contributed by atoms with van der Waals surface area (Å²) in [7, 11) is 0. The number of thiazole rings is 1. The smallest absolute Gasteiger partial charge is 0.343 e. The number of halogens is 1. The highest BCUT2D eigenvalue weighted by atomic mass is 35.5. The highest BCUT2D eigenvalue weighted by molar-refractivity contribution is 7.21. The maximum atomic E-state index is 13.3. The first-order valence-corrected chi connectivity index (χ1v) is 13.1. The Morgan fingerprint density at radius 1 is 1.03 bits per heavy atom. The predicted molar refractivity (Wildman–Crippen MR) is 150 cm³/mol. The standard InChI is InChI=1S/C29H24ClN3O3S/c1-2-36-28(35)24-18-33(17-21-10-6-7-11-23(21)20-8-4-3-5-9-20)27-25(26(24)34)32-29(37-27)31-16-19-12-14-22(30)15-13-19/h3-15,18H,2,16-17H2,1H3,(H,31,32). The van der Waals surface area contributed by atoms with Crippen molar-refractivity contribution in [1.29, 1.82) is 0 Å². The maximum absolute atomic E-state index is 13.3. The van der Waals surface area contributed by atoms with Crippen molar-refractivity contribution >= 4 is 44.4 Å². The zero-order valence-electron chi connectivity index (χ0n) is 20.1. The van der Waals surface area contributed by atoms with Crippen LogP contribution in [0.25, 0.3) is 21.5 Å². The molecule has 0 saturated carbocycles. The van der Waals surface area contributed by atoms with E-state index >= 15 is 0 Å². The van der Waals surface area contributed by atoms with Crippen molar-refractivity contribution in [3.05, 3.63) is 117 Å². The average Bonchev–Trinajstić information content (AvgIpc) is 3.36. The van der Waals surface area contributed by atoms with E-state index in [1.54, 1.807) is 13.1 Å². The van der Waals surface area contributed by atoms with Crippen LogP contribution in [0.5, 0.6) is 0 Å². The van der Waals surface area contributed by atoms with Gasteiger partial charge >= 0.3 is 5.97 Å². The zero-order chi connectivity index (χ0) is 25.8. The van der Waals surface area contributed by atoms with Gasteiger partial charge in [-0.3, -0.25) is 4.79 Å². The zero-order valence-corrected chi connectivity index (χ0v) is 21.7. The van der Waals surface area contributed by atoms with E-state index in [0.29, 0.717) is 28.1 Å². The number of carbonyl (C=O) groups is 1. The fourth-order valence-corrected chi connectivity index (χ4v) is 5.18. The normalized spacial score (nSPS) is 11.0. The monoisotopic (exact) mass is 529 g/mol. The summed E-state index contributed by atoms with van der Waals surface area (Å²) in [5, 5.41) is 4.56.